The number of hydrogen-bond donors (Lipinski definition) is 1. The van der Waals surface area contributed by atoms with Crippen LogP contribution in [-0.4, -0.2) is 15.8 Å². The minimum absolute atomic E-state index is 0.0417. The molecule has 0 spiro atoms. The van der Waals surface area contributed by atoms with Crippen molar-refractivity contribution in [1.29, 1.82) is 0 Å². The zero-order chi connectivity index (χ0) is 19.4. The number of carbonyl (C=O) groups excluding carboxylic acids is 1. The van der Waals surface area contributed by atoms with Gasteiger partial charge in [-0.3, -0.25) is 20.2 Å². The third-order valence-electron chi connectivity index (χ3n) is 3.47. The van der Waals surface area contributed by atoms with Gasteiger partial charge in [0.1, 0.15) is 11.6 Å². The molecule has 0 unspecified atom stereocenters. The molecule has 0 radical (unpaired) electrons. The highest BCUT2D eigenvalue weighted by molar-refractivity contribution is 7.14. The number of aromatic nitrogens is 1. The number of nitrogens with zero attached hydrogens (tertiary/aromatic N) is 2. The number of anilines is 1. The van der Waals surface area contributed by atoms with E-state index in [-0.39, 0.29) is 22.1 Å². The number of non-ortho nitro benzene ring substituents is 1. The Morgan fingerprint density at radius 2 is 1.93 bits per heavy atom. The second-order valence-electron chi connectivity index (χ2n) is 5.33. The minimum Gasteiger partial charge on any atom is -0.298 e. The zero-order valence-corrected chi connectivity index (χ0v) is 14.4. The monoisotopic (exact) mass is 387 g/mol. The van der Waals surface area contributed by atoms with Crippen LogP contribution in [0.4, 0.5) is 19.6 Å². The van der Waals surface area contributed by atoms with Gasteiger partial charge in [0.05, 0.1) is 10.6 Å². The van der Waals surface area contributed by atoms with Crippen molar-refractivity contribution >= 4 is 34.1 Å². The Morgan fingerprint density at radius 1 is 1.19 bits per heavy atom. The van der Waals surface area contributed by atoms with Crippen LogP contribution in [0.2, 0.25) is 0 Å². The van der Waals surface area contributed by atoms with Crippen molar-refractivity contribution in [3.63, 3.8) is 0 Å². The smallest absolute Gasteiger partial charge is 0.269 e. The van der Waals surface area contributed by atoms with Gasteiger partial charge in [0, 0.05) is 35.2 Å². The lowest BCUT2D eigenvalue weighted by Gasteiger charge is -1.99. The van der Waals surface area contributed by atoms with Crippen LogP contribution in [0.15, 0.2) is 53.9 Å². The molecule has 0 aliphatic rings. The van der Waals surface area contributed by atoms with E-state index >= 15 is 0 Å². The topological polar surface area (TPSA) is 85.1 Å². The van der Waals surface area contributed by atoms with Gasteiger partial charge in [-0.1, -0.05) is 0 Å². The van der Waals surface area contributed by atoms with E-state index in [2.05, 4.69) is 10.3 Å². The van der Waals surface area contributed by atoms with Crippen molar-refractivity contribution in [1.82, 2.24) is 4.98 Å². The van der Waals surface area contributed by atoms with Crippen LogP contribution >= 0.6 is 11.3 Å². The molecule has 1 N–H and O–H groups in total. The van der Waals surface area contributed by atoms with E-state index in [0.29, 0.717) is 5.56 Å². The average Bonchev–Trinajstić information content (AvgIpc) is 3.08. The van der Waals surface area contributed by atoms with E-state index in [4.69, 9.17) is 0 Å². The van der Waals surface area contributed by atoms with Gasteiger partial charge in [0.2, 0.25) is 5.91 Å². The number of thiazole rings is 1. The van der Waals surface area contributed by atoms with Crippen molar-refractivity contribution in [2.75, 3.05) is 5.32 Å². The molecule has 0 fully saturated rings. The van der Waals surface area contributed by atoms with E-state index < -0.39 is 22.5 Å². The summed E-state index contributed by atoms with van der Waals surface area (Å²) in [6.45, 7) is 0. The van der Waals surface area contributed by atoms with E-state index in [1.165, 1.54) is 42.5 Å². The maximum Gasteiger partial charge on any atom is 0.269 e. The van der Waals surface area contributed by atoms with Gasteiger partial charge < -0.3 is 0 Å². The normalized spacial score (nSPS) is 10.9. The van der Waals surface area contributed by atoms with Crippen LogP contribution in [0.5, 0.6) is 0 Å². The molecule has 1 heterocycles. The summed E-state index contributed by atoms with van der Waals surface area (Å²) in [4.78, 5) is 26.2. The summed E-state index contributed by atoms with van der Waals surface area (Å²) in [7, 11) is 0. The molecule has 9 heteroatoms. The Labute approximate surface area is 156 Å². The van der Waals surface area contributed by atoms with Gasteiger partial charge in [-0.15, -0.1) is 11.3 Å². The quantitative estimate of drug-likeness (QED) is 0.392. The molecule has 0 saturated carbocycles. The highest BCUT2D eigenvalue weighted by Gasteiger charge is 2.11. The Hall–Kier alpha value is -3.46. The number of nitro groups is 1. The van der Waals surface area contributed by atoms with Gasteiger partial charge in [-0.2, -0.15) is 0 Å². The highest BCUT2D eigenvalue weighted by atomic mass is 32.1. The molecule has 3 aromatic rings. The molecule has 0 atom stereocenters. The van der Waals surface area contributed by atoms with Gasteiger partial charge in [0.15, 0.2) is 5.13 Å². The van der Waals surface area contributed by atoms with Gasteiger partial charge in [-0.05, 0) is 35.9 Å². The highest BCUT2D eigenvalue weighted by Crippen LogP contribution is 2.27. The first-order valence-electron chi connectivity index (χ1n) is 7.57. The SMILES string of the molecule is O=C(/C=C\c1ccc([N+](=O)[O-])cc1)Nc1nc(-c2ccc(F)cc2F)cs1. The molecular weight excluding hydrogens is 376 g/mol. The van der Waals surface area contributed by atoms with Crippen molar-refractivity contribution in [2.45, 2.75) is 0 Å². The molecule has 0 bridgehead atoms. The van der Waals surface area contributed by atoms with Gasteiger partial charge >= 0.3 is 0 Å². The molecule has 3 rings (SSSR count). The summed E-state index contributed by atoms with van der Waals surface area (Å²) in [6.07, 6.45) is 2.74. The summed E-state index contributed by atoms with van der Waals surface area (Å²) in [6, 6.07) is 8.87. The second-order valence-corrected chi connectivity index (χ2v) is 6.19. The molecule has 0 aliphatic carbocycles. The number of nitro benzene ring substituents is 1. The predicted molar refractivity (Wildman–Crippen MR) is 98.2 cm³/mol. The number of rotatable bonds is 5. The first kappa shape index (κ1) is 18.3. The predicted octanol–water partition coefficient (Wildman–Crippen LogP) is 4.65. The van der Waals surface area contributed by atoms with E-state index in [0.717, 1.165) is 23.5 Å². The lowest BCUT2D eigenvalue weighted by atomic mass is 10.1. The fourth-order valence-corrected chi connectivity index (χ4v) is 2.89. The van der Waals surface area contributed by atoms with Crippen LogP contribution in [0.1, 0.15) is 5.56 Å². The van der Waals surface area contributed by atoms with E-state index in [1.807, 2.05) is 0 Å². The fourth-order valence-electron chi connectivity index (χ4n) is 2.18. The summed E-state index contributed by atoms with van der Waals surface area (Å²) < 4.78 is 26.7. The summed E-state index contributed by atoms with van der Waals surface area (Å²) in [5, 5.41) is 14.9. The number of carbonyl (C=O) groups is 1. The standard InChI is InChI=1S/C18H11F2N3O3S/c19-12-4-7-14(15(20)9-12)16-10-27-18(21-16)22-17(24)8-3-11-1-5-13(6-2-11)23(25)26/h1-10H,(H,21,22,24)/b8-3-. The van der Waals surface area contributed by atoms with Crippen molar-refractivity contribution in [2.24, 2.45) is 0 Å². The zero-order valence-electron chi connectivity index (χ0n) is 13.6. The van der Waals surface area contributed by atoms with Crippen molar-refractivity contribution in [3.05, 3.63) is 81.2 Å². The van der Waals surface area contributed by atoms with Gasteiger partial charge in [0.25, 0.3) is 5.69 Å². The van der Waals surface area contributed by atoms with Crippen LogP contribution in [0.25, 0.3) is 17.3 Å². The molecule has 6 nitrogen and oxygen atoms in total. The summed E-state index contributed by atoms with van der Waals surface area (Å²) >= 11 is 1.10. The third-order valence-corrected chi connectivity index (χ3v) is 4.23. The molecule has 2 aromatic carbocycles. The Bertz CT molecular complexity index is 1030. The van der Waals surface area contributed by atoms with E-state index in [9.17, 15) is 23.7 Å². The fraction of sp³-hybridized carbons (Fsp3) is 0. The molecule has 136 valence electrons. The number of halogens is 2. The Kier molecular flexibility index (Phi) is 5.32. The number of benzene rings is 2. The number of nitrogens with one attached hydrogen (secondary N) is 1. The largest absolute Gasteiger partial charge is 0.298 e. The summed E-state index contributed by atoms with van der Waals surface area (Å²) in [5.41, 5.74) is 0.991. The molecule has 0 saturated heterocycles. The molecule has 1 aromatic heterocycles. The van der Waals surface area contributed by atoms with Crippen molar-refractivity contribution < 1.29 is 18.5 Å². The van der Waals surface area contributed by atoms with Gasteiger partial charge in [-0.25, -0.2) is 13.8 Å². The lowest BCUT2D eigenvalue weighted by Crippen LogP contribution is -2.07. The van der Waals surface area contributed by atoms with Crippen LogP contribution < -0.4 is 5.32 Å². The van der Waals surface area contributed by atoms with Crippen LogP contribution in [0.3, 0.4) is 0 Å². The lowest BCUT2D eigenvalue weighted by molar-refractivity contribution is -0.384. The number of hydrogen-bond acceptors (Lipinski definition) is 5. The van der Waals surface area contributed by atoms with E-state index in [1.54, 1.807) is 5.38 Å². The first-order valence-corrected chi connectivity index (χ1v) is 8.45. The Balaban J connectivity index is 1.66. The van der Waals surface area contributed by atoms with Crippen molar-refractivity contribution in [3.8, 4) is 11.3 Å². The third kappa shape index (κ3) is 4.59. The number of amides is 1. The molecule has 27 heavy (non-hydrogen) atoms. The maximum atomic E-state index is 13.8. The molecule has 0 aliphatic heterocycles. The molecule has 1 amide bonds. The van der Waals surface area contributed by atoms with Crippen LogP contribution in [0, 0.1) is 21.7 Å². The molecular formula is C18H11F2N3O3S. The van der Waals surface area contributed by atoms with Crippen LogP contribution in [-0.2, 0) is 4.79 Å². The maximum absolute atomic E-state index is 13.8. The first-order chi connectivity index (χ1) is 12.9. The Morgan fingerprint density at radius 3 is 2.59 bits per heavy atom. The second kappa shape index (κ2) is 7.83. The summed E-state index contributed by atoms with van der Waals surface area (Å²) in [5.74, 6) is -1.89. The minimum atomic E-state index is -0.740. The average molecular weight is 387 g/mol.